The van der Waals surface area contributed by atoms with E-state index in [2.05, 4.69) is 50.1 Å². The van der Waals surface area contributed by atoms with Crippen LogP contribution >= 0.6 is 24.0 Å². The summed E-state index contributed by atoms with van der Waals surface area (Å²) in [5.41, 5.74) is 0. The zero-order valence-electron chi connectivity index (χ0n) is 12.9. The van der Waals surface area contributed by atoms with Crippen molar-refractivity contribution >= 4 is 29.9 Å². The minimum Gasteiger partial charge on any atom is -0.357 e. The molecular weight excluding hydrogens is 349 g/mol. The van der Waals surface area contributed by atoms with Crippen molar-refractivity contribution < 1.29 is 0 Å². The lowest BCUT2D eigenvalue weighted by molar-refractivity contribution is 0.208. The van der Waals surface area contributed by atoms with Crippen LogP contribution in [-0.4, -0.2) is 37.0 Å². The summed E-state index contributed by atoms with van der Waals surface area (Å²) in [5.74, 6) is 2.64. The number of nitrogens with one attached hydrogen (secondary N) is 1. The van der Waals surface area contributed by atoms with Gasteiger partial charge < -0.3 is 10.2 Å². The van der Waals surface area contributed by atoms with Crippen molar-refractivity contribution in [2.45, 2.75) is 40.5 Å². The maximum Gasteiger partial charge on any atom is 0.193 e. The van der Waals surface area contributed by atoms with E-state index < -0.39 is 0 Å². The van der Waals surface area contributed by atoms with Crippen LogP contribution in [0, 0.1) is 11.8 Å². The summed E-state index contributed by atoms with van der Waals surface area (Å²) < 4.78 is 0. The number of piperidine rings is 1. The molecule has 0 aromatic heterocycles. The Morgan fingerprint density at radius 3 is 2.47 bits per heavy atom. The Morgan fingerprint density at radius 2 is 1.95 bits per heavy atom. The summed E-state index contributed by atoms with van der Waals surface area (Å²) in [7, 11) is 0. The number of halogens is 1. The summed E-state index contributed by atoms with van der Waals surface area (Å²) in [6.45, 7) is 13.0. The molecule has 1 rings (SSSR count). The van der Waals surface area contributed by atoms with Crippen LogP contribution in [0.15, 0.2) is 17.1 Å². The second kappa shape index (κ2) is 10.5. The molecule has 0 amide bonds. The zero-order chi connectivity index (χ0) is 13.4. The predicted molar refractivity (Wildman–Crippen MR) is 95.3 cm³/mol. The van der Waals surface area contributed by atoms with E-state index in [0.717, 1.165) is 50.4 Å². The first kappa shape index (κ1) is 18.7. The molecular formula is C15H30IN3. The average Bonchev–Trinajstić information content (AvgIpc) is 2.32. The third-order valence-corrected chi connectivity index (χ3v) is 3.30. The summed E-state index contributed by atoms with van der Waals surface area (Å²) >= 11 is 0. The van der Waals surface area contributed by atoms with Crippen LogP contribution in [0.3, 0.4) is 0 Å². The maximum atomic E-state index is 4.72. The molecule has 0 aromatic carbocycles. The molecule has 1 saturated heterocycles. The molecule has 0 spiro atoms. The predicted octanol–water partition coefficient (Wildman–Crippen LogP) is 3.51. The van der Waals surface area contributed by atoms with Crippen LogP contribution in [-0.2, 0) is 0 Å². The quantitative estimate of drug-likeness (QED) is 0.266. The Labute approximate surface area is 136 Å². The normalized spacial score (nSPS) is 24.4. The summed E-state index contributed by atoms with van der Waals surface area (Å²) in [4.78, 5) is 7.15. The molecule has 0 radical (unpaired) electrons. The van der Waals surface area contributed by atoms with Crippen molar-refractivity contribution in [1.29, 1.82) is 0 Å². The van der Waals surface area contributed by atoms with Gasteiger partial charge in [-0.25, -0.2) is 0 Å². The van der Waals surface area contributed by atoms with Gasteiger partial charge in [-0.05, 0) is 38.5 Å². The van der Waals surface area contributed by atoms with Crippen molar-refractivity contribution in [3.8, 4) is 0 Å². The fourth-order valence-corrected chi connectivity index (χ4v) is 2.67. The lowest BCUT2D eigenvalue weighted by atomic mass is 9.92. The molecule has 1 aliphatic rings. The number of nitrogens with zero attached hydrogens (tertiary/aromatic N) is 2. The van der Waals surface area contributed by atoms with Gasteiger partial charge in [0.1, 0.15) is 0 Å². The average molecular weight is 379 g/mol. The van der Waals surface area contributed by atoms with Crippen molar-refractivity contribution in [2.75, 3.05) is 26.2 Å². The summed E-state index contributed by atoms with van der Waals surface area (Å²) in [6, 6.07) is 0. The van der Waals surface area contributed by atoms with E-state index in [4.69, 9.17) is 4.99 Å². The van der Waals surface area contributed by atoms with Crippen LogP contribution in [0.2, 0.25) is 0 Å². The first-order chi connectivity index (χ1) is 8.67. The molecule has 0 aromatic rings. The number of rotatable bonds is 4. The van der Waals surface area contributed by atoms with Crippen LogP contribution in [0.1, 0.15) is 40.5 Å². The van der Waals surface area contributed by atoms with Crippen molar-refractivity contribution in [3.05, 3.63) is 12.2 Å². The number of guanidine groups is 1. The van der Waals surface area contributed by atoms with E-state index in [1.807, 2.05) is 0 Å². The number of allylic oxidation sites excluding steroid dienone is 1. The van der Waals surface area contributed by atoms with Gasteiger partial charge in [-0.3, -0.25) is 4.99 Å². The molecule has 0 aliphatic carbocycles. The van der Waals surface area contributed by atoms with Crippen molar-refractivity contribution in [2.24, 2.45) is 16.8 Å². The topological polar surface area (TPSA) is 27.6 Å². The number of aliphatic imine (C=N–C) groups is 1. The third-order valence-electron chi connectivity index (χ3n) is 3.30. The fraction of sp³-hybridized carbons (Fsp3) is 0.800. The first-order valence-electron chi connectivity index (χ1n) is 7.31. The van der Waals surface area contributed by atoms with E-state index in [0.29, 0.717) is 0 Å². The van der Waals surface area contributed by atoms with Gasteiger partial charge >= 0.3 is 0 Å². The molecule has 2 unspecified atom stereocenters. The smallest absolute Gasteiger partial charge is 0.193 e. The lowest BCUT2D eigenvalue weighted by Gasteiger charge is -2.37. The minimum atomic E-state index is 0. The molecule has 4 heteroatoms. The number of hydrogen-bond acceptors (Lipinski definition) is 1. The van der Waals surface area contributed by atoms with Gasteiger partial charge in [0.15, 0.2) is 5.96 Å². The number of hydrogen-bond donors (Lipinski definition) is 1. The molecule has 1 heterocycles. The van der Waals surface area contributed by atoms with E-state index >= 15 is 0 Å². The van der Waals surface area contributed by atoms with Gasteiger partial charge in [-0.1, -0.05) is 26.0 Å². The second-order valence-electron chi connectivity index (χ2n) is 5.44. The first-order valence-corrected chi connectivity index (χ1v) is 7.31. The molecule has 2 atom stereocenters. The van der Waals surface area contributed by atoms with Crippen molar-refractivity contribution in [1.82, 2.24) is 10.2 Å². The highest BCUT2D eigenvalue weighted by Crippen LogP contribution is 2.20. The molecule has 3 nitrogen and oxygen atoms in total. The van der Waals surface area contributed by atoms with E-state index in [1.165, 1.54) is 6.42 Å². The number of likely N-dealkylation sites (tertiary alicyclic amines) is 1. The molecule has 112 valence electrons. The maximum absolute atomic E-state index is 4.72. The Morgan fingerprint density at radius 1 is 1.32 bits per heavy atom. The van der Waals surface area contributed by atoms with Gasteiger partial charge in [-0.2, -0.15) is 0 Å². The van der Waals surface area contributed by atoms with Crippen LogP contribution in [0.5, 0.6) is 0 Å². The second-order valence-corrected chi connectivity index (χ2v) is 5.44. The third kappa shape index (κ3) is 7.18. The molecule has 1 fully saturated rings. The SMILES string of the molecule is C/C=C/CCN=C(NCC)N1CC(C)CC(C)C1.I. The molecule has 0 saturated carbocycles. The van der Waals surface area contributed by atoms with Gasteiger partial charge in [0.2, 0.25) is 0 Å². The standard InChI is InChI=1S/C15H29N3.HI/c1-5-7-8-9-17-15(16-6-2)18-11-13(3)10-14(4)12-18;/h5,7,13-14H,6,8-12H2,1-4H3,(H,16,17);1H/b7-5+;. The molecule has 1 N–H and O–H groups in total. The van der Waals surface area contributed by atoms with Gasteiger partial charge in [0, 0.05) is 26.2 Å². The molecule has 19 heavy (non-hydrogen) atoms. The summed E-state index contributed by atoms with van der Waals surface area (Å²) in [6.07, 6.45) is 6.64. The van der Waals surface area contributed by atoms with Gasteiger partial charge in [-0.15, -0.1) is 24.0 Å². The Hall–Kier alpha value is -0.260. The van der Waals surface area contributed by atoms with Crippen LogP contribution < -0.4 is 5.32 Å². The largest absolute Gasteiger partial charge is 0.357 e. The molecule has 0 bridgehead atoms. The monoisotopic (exact) mass is 379 g/mol. The zero-order valence-corrected chi connectivity index (χ0v) is 15.2. The van der Waals surface area contributed by atoms with Crippen molar-refractivity contribution in [3.63, 3.8) is 0 Å². The van der Waals surface area contributed by atoms with Gasteiger partial charge in [0.05, 0.1) is 0 Å². The highest BCUT2D eigenvalue weighted by molar-refractivity contribution is 14.0. The van der Waals surface area contributed by atoms with E-state index in [-0.39, 0.29) is 24.0 Å². The lowest BCUT2D eigenvalue weighted by Crippen LogP contribution is -2.48. The molecule has 1 aliphatic heterocycles. The highest BCUT2D eigenvalue weighted by atomic mass is 127. The Balaban J connectivity index is 0.00000324. The Kier molecular flexibility index (Phi) is 10.4. The summed E-state index contributed by atoms with van der Waals surface area (Å²) in [5, 5.41) is 3.42. The van der Waals surface area contributed by atoms with Crippen LogP contribution in [0.4, 0.5) is 0 Å². The highest BCUT2D eigenvalue weighted by Gasteiger charge is 2.23. The van der Waals surface area contributed by atoms with Gasteiger partial charge in [0.25, 0.3) is 0 Å². The fourth-order valence-electron chi connectivity index (χ4n) is 2.67. The Bertz CT molecular complexity index is 279. The van der Waals surface area contributed by atoms with E-state index in [9.17, 15) is 0 Å². The van der Waals surface area contributed by atoms with E-state index in [1.54, 1.807) is 0 Å². The van der Waals surface area contributed by atoms with Crippen LogP contribution in [0.25, 0.3) is 0 Å². The minimum absolute atomic E-state index is 0.